The van der Waals surface area contributed by atoms with Crippen LogP contribution in [0.2, 0.25) is 0 Å². The fraction of sp³-hybridized carbons (Fsp3) is 0.545. The van der Waals surface area contributed by atoms with Crippen LogP contribution in [0.1, 0.15) is 24.0 Å². The molecule has 6 heteroatoms. The van der Waals surface area contributed by atoms with Crippen molar-refractivity contribution in [3.63, 3.8) is 0 Å². The van der Waals surface area contributed by atoms with Gasteiger partial charge in [-0.3, -0.25) is 4.79 Å². The molecule has 2 rings (SSSR count). The maximum Gasteiger partial charge on any atom is 0.410 e. The average Bonchev–Trinajstić information content (AvgIpc) is 2.28. The van der Waals surface area contributed by atoms with Gasteiger partial charge in [0.05, 0.1) is 24.4 Å². The van der Waals surface area contributed by atoms with E-state index in [1.54, 1.807) is 13.8 Å². The van der Waals surface area contributed by atoms with Crippen molar-refractivity contribution < 1.29 is 9.53 Å². The summed E-state index contributed by atoms with van der Waals surface area (Å²) in [5.41, 5.74) is 1.18. The van der Waals surface area contributed by atoms with Crippen LogP contribution in [0.15, 0.2) is 4.79 Å². The highest BCUT2D eigenvalue weighted by Gasteiger charge is 2.24. The molecule has 0 atom stereocenters. The molecule has 0 bridgehead atoms. The molecular formula is C11H15N3O3. The van der Waals surface area contributed by atoms with Gasteiger partial charge in [-0.2, -0.15) is 0 Å². The van der Waals surface area contributed by atoms with Crippen LogP contribution in [0.3, 0.4) is 0 Å². The second kappa shape index (κ2) is 4.57. The smallest absolute Gasteiger partial charge is 0.410 e. The SMILES string of the molecule is CCOC(=O)N1CCc2nc(C)[nH]c(=O)c2C1. The topological polar surface area (TPSA) is 75.3 Å². The Bertz CT molecular complexity index is 495. The van der Waals surface area contributed by atoms with E-state index in [2.05, 4.69) is 9.97 Å². The van der Waals surface area contributed by atoms with Crippen LogP contribution >= 0.6 is 0 Å². The van der Waals surface area contributed by atoms with Gasteiger partial charge < -0.3 is 14.6 Å². The lowest BCUT2D eigenvalue weighted by atomic mass is 10.1. The number of nitrogens with one attached hydrogen (secondary N) is 1. The van der Waals surface area contributed by atoms with Crippen LogP contribution in [0.4, 0.5) is 4.79 Å². The second-order valence-electron chi connectivity index (χ2n) is 3.95. The molecule has 1 aromatic heterocycles. The van der Waals surface area contributed by atoms with Crippen molar-refractivity contribution in [2.24, 2.45) is 0 Å². The Morgan fingerprint density at radius 2 is 2.35 bits per heavy atom. The lowest BCUT2D eigenvalue weighted by Gasteiger charge is -2.26. The predicted molar refractivity (Wildman–Crippen MR) is 60.7 cm³/mol. The Kier molecular flexibility index (Phi) is 3.12. The number of ether oxygens (including phenoxy) is 1. The van der Waals surface area contributed by atoms with Crippen LogP contribution in [-0.2, 0) is 17.7 Å². The summed E-state index contributed by atoms with van der Waals surface area (Å²) in [5, 5.41) is 0. The highest BCUT2D eigenvalue weighted by molar-refractivity contribution is 5.68. The largest absolute Gasteiger partial charge is 0.450 e. The number of hydrogen-bond donors (Lipinski definition) is 1. The first-order valence-electron chi connectivity index (χ1n) is 5.62. The zero-order valence-corrected chi connectivity index (χ0v) is 9.95. The third kappa shape index (κ3) is 2.30. The molecule has 1 N–H and O–H groups in total. The van der Waals surface area contributed by atoms with E-state index in [-0.39, 0.29) is 18.2 Å². The lowest BCUT2D eigenvalue weighted by molar-refractivity contribution is 0.102. The Labute approximate surface area is 98.6 Å². The summed E-state index contributed by atoms with van der Waals surface area (Å²) in [5.74, 6) is 0.610. The minimum atomic E-state index is -0.377. The number of aromatic nitrogens is 2. The number of aromatic amines is 1. The molecule has 1 aliphatic heterocycles. The first kappa shape index (κ1) is 11.6. The van der Waals surface area contributed by atoms with Gasteiger partial charge in [0, 0.05) is 13.0 Å². The summed E-state index contributed by atoms with van der Waals surface area (Å²) in [6, 6.07) is 0. The molecular weight excluding hydrogens is 222 g/mol. The van der Waals surface area contributed by atoms with Crippen LogP contribution in [-0.4, -0.2) is 34.1 Å². The fourth-order valence-electron chi connectivity index (χ4n) is 1.92. The molecule has 0 fully saturated rings. The highest BCUT2D eigenvalue weighted by Crippen LogP contribution is 2.14. The maximum atomic E-state index is 11.7. The molecule has 2 heterocycles. The molecule has 0 unspecified atom stereocenters. The van der Waals surface area contributed by atoms with Crippen molar-refractivity contribution in [1.29, 1.82) is 0 Å². The van der Waals surface area contributed by atoms with Crippen molar-refractivity contribution in [3.8, 4) is 0 Å². The third-order valence-electron chi connectivity index (χ3n) is 2.71. The third-order valence-corrected chi connectivity index (χ3v) is 2.71. The summed E-state index contributed by atoms with van der Waals surface area (Å²) < 4.78 is 4.91. The first-order valence-corrected chi connectivity index (χ1v) is 5.62. The summed E-state index contributed by atoms with van der Waals surface area (Å²) in [6.07, 6.45) is 0.219. The van der Waals surface area contributed by atoms with Gasteiger partial charge in [0.1, 0.15) is 5.82 Å². The number of amides is 1. The van der Waals surface area contributed by atoms with Gasteiger partial charge in [-0.05, 0) is 13.8 Å². The predicted octanol–water partition coefficient (Wildman–Crippen LogP) is 0.593. The molecule has 0 aromatic carbocycles. The lowest BCUT2D eigenvalue weighted by Crippen LogP contribution is -2.40. The minimum absolute atomic E-state index is 0.165. The van der Waals surface area contributed by atoms with Crippen LogP contribution in [0, 0.1) is 6.92 Å². The summed E-state index contributed by atoms with van der Waals surface area (Å²) in [4.78, 5) is 31.7. The molecule has 0 spiro atoms. The zero-order valence-electron chi connectivity index (χ0n) is 9.95. The number of aryl methyl sites for hydroxylation is 1. The summed E-state index contributed by atoms with van der Waals surface area (Å²) >= 11 is 0. The second-order valence-corrected chi connectivity index (χ2v) is 3.95. The van der Waals surface area contributed by atoms with Crippen LogP contribution in [0.25, 0.3) is 0 Å². The normalized spacial score (nSPS) is 14.4. The molecule has 1 aromatic rings. The van der Waals surface area contributed by atoms with Gasteiger partial charge >= 0.3 is 6.09 Å². The molecule has 0 radical (unpaired) electrons. The molecule has 92 valence electrons. The molecule has 0 aliphatic carbocycles. The molecule has 1 amide bonds. The fourth-order valence-corrected chi connectivity index (χ4v) is 1.92. The van der Waals surface area contributed by atoms with Crippen molar-refractivity contribution in [3.05, 3.63) is 27.4 Å². The number of rotatable bonds is 1. The van der Waals surface area contributed by atoms with E-state index in [0.29, 0.717) is 31.0 Å². The van der Waals surface area contributed by atoms with E-state index in [1.807, 2.05) is 0 Å². The van der Waals surface area contributed by atoms with Gasteiger partial charge in [-0.1, -0.05) is 0 Å². The van der Waals surface area contributed by atoms with E-state index in [1.165, 1.54) is 4.90 Å². The Morgan fingerprint density at radius 1 is 1.59 bits per heavy atom. The number of fused-ring (bicyclic) bond motifs is 1. The number of nitrogens with zero attached hydrogens (tertiary/aromatic N) is 2. The van der Waals surface area contributed by atoms with Crippen LogP contribution < -0.4 is 5.56 Å². The number of carbonyl (C=O) groups excluding carboxylic acids is 1. The Balaban J connectivity index is 2.24. The van der Waals surface area contributed by atoms with Gasteiger partial charge in [0.2, 0.25) is 0 Å². The van der Waals surface area contributed by atoms with E-state index >= 15 is 0 Å². The van der Waals surface area contributed by atoms with E-state index in [0.717, 1.165) is 5.69 Å². The van der Waals surface area contributed by atoms with Crippen molar-refractivity contribution >= 4 is 6.09 Å². The minimum Gasteiger partial charge on any atom is -0.450 e. The summed E-state index contributed by atoms with van der Waals surface area (Å²) in [6.45, 7) is 4.66. The molecule has 0 saturated heterocycles. The monoisotopic (exact) mass is 237 g/mol. The molecule has 17 heavy (non-hydrogen) atoms. The van der Waals surface area contributed by atoms with E-state index in [4.69, 9.17) is 4.74 Å². The van der Waals surface area contributed by atoms with E-state index in [9.17, 15) is 9.59 Å². The first-order chi connectivity index (χ1) is 8.11. The molecule has 1 aliphatic rings. The standard InChI is InChI=1S/C11H15N3O3/c1-3-17-11(16)14-5-4-9-8(6-14)10(15)13-7(2)12-9/h3-6H2,1-2H3,(H,12,13,15). The summed E-state index contributed by atoms with van der Waals surface area (Å²) in [7, 11) is 0. The number of H-pyrrole nitrogens is 1. The molecule has 6 nitrogen and oxygen atoms in total. The Hall–Kier alpha value is -1.85. The van der Waals surface area contributed by atoms with Gasteiger partial charge in [-0.15, -0.1) is 0 Å². The maximum absolute atomic E-state index is 11.7. The average molecular weight is 237 g/mol. The molecule has 0 saturated carbocycles. The zero-order chi connectivity index (χ0) is 12.4. The highest BCUT2D eigenvalue weighted by atomic mass is 16.6. The quantitative estimate of drug-likeness (QED) is 0.775. The van der Waals surface area contributed by atoms with Gasteiger partial charge in [-0.25, -0.2) is 9.78 Å². The Morgan fingerprint density at radius 3 is 3.06 bits per heavy atom. The van der Waals surface area contributed by atoms with Gasteiger partial charge in [0.15, 0.2) is 0 Å². The van der Waals surface area contributed by atoms with Gasteiger partial charge in [0.25, 0.3) is 5.56 Å². The van der Waals surface area contributed by atoms with E-state index < -0.39 is 0 Å². The van der Waals surface area contributed by atoms with Crippen molar-refractivity contribution in [1.82, 2.24) is 14.9 Å². The number of carbonyl (C=O) groups is 1. The van der Waals surface area contributed by atoms with Crippen molar-refractivity contribution in [2.45, 2.75) is 26.8 Å². The van der Waals surface area contributed by atoms with Crippen molar-refractivity contribution in [2.75, 3.05) is 13.2 Å². The number of hydrogen-bond acceptors (Lipinski definition) is 4. The van der Waals surface area contributed by atoms with Crippen LogP contribution in [0.5, 0.6) is 0 Å².